The second-order valence-corrected chi connectivity index (χ2v) is 4.15. The van der Waals surface area contributed by atoms with Crippen molar-refractivity contribution in [1.82, 2.24) is 0 Å². The Bertz CT molecular complexity index is 401. The molecule has 0 amide bonds. The van der Waals surface area contributed by atoms with Crippen LogP contribution < -0.4 is 5.32 Å². The van der Waals surface area contributed by atoms with E-state index >= 15 is 0 Å². The van der Waals surface area contributed by atoms with Gasteiger partial charge in [0.15, 0.2) is 0 Å². The van der Waals surface area contributed by atoms with Gasteiger partial charge in [-0.25, -0.2) is 0 Å². The highest BCUT2D eigenvalue weighted by Gasteiger charge is 2.25. The van der Waals surface area contributed by atoms with Gasteiger partial charge in [-0.15, -0.1) is 0 Å². The van der Waals surface area contributed by atoms with Crippen LogP contribution >= 0.6 is 0 Å². The summed E-state index contributed by atoms with van der Waals surface area (Å²) >= 11 is 0. The molecule has 80 valence electrons. The van der Waals surface area contributed by atoms with Gasteiger partial charge in [0.1, 0.15) is 0 Å². The van der Waals surface area contributed by atoms with Crippen molar-refractivity contribution in [2.45, 2.75) is 25.7 Å². The smallest absolute Gasteiger partial charge is 0.310 e. The lowest BCUT2D eigenvalue weighted by molar-refractivity contribution is -0.138. The van der Waals surface area contributed by atoms with Crippen LogP contribution in [-0.2, 0) is 4.79 Å². The number of hydrogen-bond donors (Lipinski definition) is 2. The number of carbonyl (C=O) groups is 1. The number of hydrogen-bond acceptors (Lipinski definition) is 2. The summed E-state index contributed by atoms with van der Waals surface area (Å²) in [7, 11) is 0. The summed E-state index contributed by atoms with van der Waals surface area (Å²) in [6.07, 6.45) is 0. The summed E-state index contributed by atoms with van der Waals surface area (Å²) in [5.41, 5.74) is 3.16. The van der Waals surface area contributed by atoms with Crippen molar-refractivity contribution in [3.63, 3.8) is 0 Å². The first-order valence-corrected chi connectivity index (χ1v) is 5.20. The van der Waals surface area contributed by atoms with Gasteiger partial charge >= 0.3 is 5.97 Å². The van der Waals surface area contributed by atoms with Crippen LogP contribution in [0.4, 0.5) is 5.69 Å². The number of nitrogens with one attached hydrogen (secondary N) is 1. The monoisotopic (exact) mass is 205 g/mol. The highest BCUT2D eigenvalue weighted by Crippen LogP contribution is 2.37. The molecule has 3 nitrogen and oxygen atoms in total. The van der Waals surface area contributed by atoms with E-state index in [0.717, 1.165) is 17.8 Å². The molecule has 1 aliphatic rings. The second kappa shape index (κ2) is 3.57. The summed E-state index contributed by atoms with van der Waals surface area (Å²) in [4.78, 5) is 11.0. The molecule has 15 heavy (non-hydrogen) atoms. The van der Waals surface area contributed by atoms with Crippen LogP contribution in [-0.4, -0.2) is 17.6 Å². The molecule has 0 bridgehead atoms. The highest BCUT2D eigenvalue weighted by molar-refractivity contribution is 5.80. The van der Waals surface area contributed by atoms with E-state index in [1.54, 1.807) is 6.92 Å². The van der Waals surface area contributed by atoms with Crippen LogP contribution in [0.25, 0.3) is 0 Å². The van der Waals surface area contributed by atoms with Gasteiger partial charge in [0.05, 0.1) is 5.92 Å². The number of para-hydroxylation sites is 1. The minimum absolute atomic E-state index is 0.447. The molecule has 1 aromatic rings. The first kappa shape index (κ1) is 10.0. The predicted octanol–water partition coefficient (Wildman–Crippen LogP) is 2.40. The topological polar surface area (TPSA) is 49.3 Å². The number of rotatable bonds is 2. The van der Waals surface area contributed by atoms with Crippen molar-refractivity contribution >= 4 is 11.7 Å². The third-order valence-electron chi connectivity index (χ3n) is 3.08. The fraction of sp³-hybridized carbons (Fsp3) is 0.417. The van der Waals surface area contributed by atoms with E-state index in [2.05, 4.69) is 18.3 Å². The Balaban J connectivity index is 2.46. The summed E-state index contributed by atoms with van der Waals surface area (Å²) in [6.45, 7) is 4.77. The van der Waals surface area contributed by atoms with Crippen LogP contribution in [0.2, 0.25) is 0 Å². The van der Waals surface area contributed by atoms with E-state index in [9.17, 15) is 4.79 Å². The lowest BCUT2D eigenvalue weighted by Gasteiger charge is -2.12. The molecule has 0 radical (unpaired) electrons. The van der Waals surface area contributed by atoms with Crippen molar-refractivity contribution in [2.24, 2.45) is 0 Å². The summed E-state index contributed by atoms with van der Waals surface area (Å²) in [6, 6.07) is 5.90. The zero-order valence-corrected chi connectivity index (χ0v) is 8.95. The SMILES string of the molecule is CC1CNc2c1cccc2C(C)C(=O)O. The van der Waals surface area contributed by atoms with E-state index in [4.69, 9.17) is 5.11 Å². The van der Waals surface area contributed by atoms with Gasteiger partial charge in [0.2, 0.25) is 0 Å². The third kappa shape index (κ3) is 1.58. The van der Waals surface area contributed by atoms with Crippen LogP contribution in [0.1, 0.15) is 36.8 Å². The van der Waals surface area contributed by atoms with Crippen LogP contribution in [0.15, 0.2) is 18.2 Å². The molecule has 0 fully saturated rings. The molecule has 1 aromatic carbocycles. The van der Waals surface area contributed by atoms with Crippen molar-refractivity contribution in [3.8, 4) is 0 Å². The maximum atomic E-state index is 11.0. The first-order chi connectivity index (χ1) is 7.11. The Hall–Kier alpha value is -1.51. The lowest BCUT2D eigenvalue weighted by Crippen LogP contribution is -2.09. The van der Waals surface area contributed by atoms with E-state index in [1.165, 1.54) is 5.56 Å². The largest absolute Gasteiger partial charge is 0.481 e. The van der Waals surface area contributed by atoms with Gasteiger partial charge in [-0.05, 0) is 18.1 Å². The number of carboxylic acids is 1. The zero-order chi connectivity index (χ0) is 11.0. The molecule has 1 aliphatic heterocycles. The molecule has 0 aliphatic carbocycles. The number of carboxylic acid groups (broad SMARTS) is 1. The van der Waals surface area contributed by atoms with Gasteiger partial charge in [0.25, 0.3) is 0 Å². The average molecular weight is 205 g/mol. The van der Waals surface area contributed by atoms with E-state index in [1.807, 2.05) is 12.1 Å². The third-order valence-corrected chi connectivity index (χ3v) is 3.08. The Morgan fingerprint density at radius 1 is 1.60 bits per heavy atom. The molecule has 2 N–H and O–H groups in total. The normalized spacial score (nSPS) is 20.5. The van der Waals surface area contributed by atoms with Crippen molar-refractivity contribution in [2.75, 3.05) is 11.9 Å². The standard InChI is InChI=1S/C12H15NO2/c1-7-6-13-11-9(7)4-3-5-10(11)8(2)12(14)15/h3-5,7-8,13H,6H2,1-2H3,(H,14,15). The molecule has 0 spiro atoms. The van der Waals surface area contributed by atoms with Gasteiger partial charge in [-0.1, -0.05) is 25.1 Å². The van der Waals surface area contributed by atoms with Crippen LogP contribution in [0.5, 0.6) is 0 Å². The number of anilines is 1. The molecular formula is C12H15NO2. The minimum atomic E-state index is -0.773. The van der Waals surface area contributed by atoms with Gasteiger partial charge in [-0.3, -0.25) is 4.79 Å². The average Bonchev–Trinajstić information content (AvgIpc) is 2.59. The molecule has 0 saturated heterocycles. The van der Waals surface area contributed by atoms with Crippen molar-refractivity contribution < 1.29 is 9.90 Å². The predicted molar refractivity (Wildman–Crippen MR) is 59.4 cm³/mol. The minimum Gasteiger partial charge on any atom is -0.481 e. The number of benzene rings is 1. The Labute approximate surface area is 89.1 Å². The van der Waals surface area contributed by atoms with Crippen LogP contribution in [0, 0.1) is 0 Å². The molecular weight excluding hydrogens is 190 g/mol. The number of aliphatic carboxylic acids is 1. The molecule has 2 atom stereocenters. The molecule has 0 saturated carbocycles. The van der Waals surface area contributed by atoms with Crippen molar-refractivity contribution in [3.05, 3.63) is 29.3 Å². The fourth-order valence-electron chi connectivity index (χ4n) is 2.06. The van der Waals surface area contributed by atoms with E-state index < -0.39 is 11.9 Å². The zero-order valence-electron chi connectivity index (χ0n) is 8.95. The van der Waals surface area contributed by atoms with E-state index in [0.29, 0.717) is 5.92 Å². The van der Waals surface area contributed by atoms with Crippen LogP contribution in [0.3, 0.4) is 0 Å². The molecule has 1 heterocycles. The van der Waals surface area contributed by atoms with E-state index in [-0.39, 0.29) is 0 Å². The molecule has 0 aromatic heterocycles. The summed E-state index contributed by atoms with van der Waals surface area (Å²) in [5, 5.41) is 12.3. The molecule has 2 rings (SSSR count). The molecule has 2 unspecified atom stereocenters. The maximum Gasteiger partial charge on any atom is 0.310 e. The quantitative estimate of drug-likeness (QED) is 0.779. The van der Waals surface area contributed by atoms with Gasteiger partial charge in [-0.2, -0.15) is 0 Å². The van der Waals surface area contributed by atoms with Crippen molar-refractivity contribution in [1.29, 1.82) is 0 Å². The Morgan fingerprint density at radius 2 is 2.33 bits per heavy atom. The van der Waals surface area contributed by atoms with Gasteiger partial charge < -0.3 is 10.4 Å². The summed E-state index contributed by atoms with van der Waals surface area (Å²) in [5.74, 6) is -0.747. The fourth-order valence-corrected chi connectivity index (χ4v) is 2.06. The molecule has 3 heteroatoms. The highest BCUT2D eigenvalue weighted by atomic mass is 16.4. The summed E-state index contributed by atoms with van der Waals surface area (Å²) < 4.78 is 0. The number of fused-ring (bicyclic) bond motifs is 1. The Morgan fingerprint density at radius 3 is 3.00 bits per heavy atom. The Kier molecular flexibility index (Phi) is 2.39. The maximum absolute atomic E-state index is 11.0. The second-order valence-electron chi connectivity index (χ2n) is 4.15. The first-order valence-electron chi connectivity index (χ1n) is 5.20. The lowest BCUT2D eigenvalue weighted by atomic mass is 9.94. The van der Waals surface area contributed by atoms with Gasteiger partial charge in [0, 0.05) is 18.2 Å².